The molecule has 0 unspecified atom stereocenters. The summed E-state index contributed by atoms with van der Waals surface area (Å²) in [5.74, 6) is 0. The predicted molar refractivity (Wildman–Crippen MR) is 66.3 cm³/mol. The second-order valence-corrected chi connectivity index (χ2v) is 4.37. The van der Waals surface area contributed by atoms with Crippen LogP contribution in [0.15, 0.2) is 23.3 Å². The fourth-order valence-electron chi connectivity index (χ4n) is 1.59. The fourth-order valence-corrected chi connectivity index (χ4v) is 2.14. The van der Waals surface area contributed by atoms with Gasteiger partial charge in [0.25, 0.3) is 5.56 Å². The lowest BCUT2D eigenvalue weighted by Gasteiger charge is -2.05. The Bertz CT molecular complexity index is 592. The Kier molecular flexibility index (Phi) is 3.17. The maximum Gasteiger partial charge on any atom is 0.261 e. The minimum Gasteiger partial charge on any atom is -0.299 e. The van der Waals surface area contributed by atoms with Crippen LogP contribution in [0.2, 0.25) is 10.0 Å². The van der Waals surface area contributed by atoms with Gasteiger partial charge in [-0.05, 0) is 18.6 Å². The molecule has 0 aliphatic carbocycles. The molecule has 1 aromatic carbocycles. The Morgan fingerprint density at radius 3 is 2.81 bits per heavy atom. The van der Waals surface area contributed by atoms with Crippen LogP contribution in [0.1, 0.15) is 13.3 Å². The number of halogens is 2. The fraction of sp³-hybridized carbons (Fsp3) is 0.273. The van der Waals surface area contributed by atoms with Crippen molar-refractivity contribution < 1.29 is 0 Å². The lowest BCUT2D eigenvalue weighted by Crippen LogP contribution is -2.20. The van der Waals surface area contributed by atoms with Crippen molar-refractivity contribution in [2.75, 3.05) is 0 Å². The standard InChI is InChI=1S/C11H10Cl2N2O/c1-2-3-15-6-14-10-8(11(15)16)4-7(12)5-9(10)13/h4-6H,2-3H2,1H3. The molecule has 5 heteroatoms. The zero-order valence-corrected chi connectivity index (χ0v) is 10.2. The van der Waals surface area contributed by atoms with E-state index in [9.17, 15) is 4.79 Å². The molecule has 1 aromatic heterocycles. The van der Waals surface area contributed by atoms with E-state index in [1.807, 2.05) is 6.92 Å². The highest BCUT2D eigenvalue weighted by atomic mass is 35.5. The Balaban J connectivity index is 2.78. The third kappa shape index (κ3) is 1.93. The molecule has 0 N–H and O–H groups in total. The number of aryl methyl sites for hydroxylation is 1. The smallest absolute Gasteiger partial charge is 0.261 e. The molecule has 0 radical (unpaired) electrons. The number of benzene rings is 1. The van der Waals surface area contributed by atoms with Gasteiger partial charge in [-0.15, -0.1) is 0 Å². The van der Waals surface area contributed by atoms with E-state index in [0.717, 1.165) is 6.42 Å². The van der Waals surface area contributed by atoms with E-state index in [1.54, 1.807) is 16.7 Å². The number of aromatic nitrogens is 2. The van der Waals surface area contributed by atoms with Gasteiger partial charge < -0.3 is 0 Å². The van der Waals surface area contributed by atoms with Crippen molar-refractivity contribution in [1.82, 2.24) is 9.55 Å². The van der Waals surface area contributed by atoms with E-state index in [0.29, 0.717) is 27.5 Å². The molecule has 2 rings (SSSR count). The third-order valence-electron chi connectivity index (χ3n) is 2.31. The van der Waals surface area contributed by atoms with Gasteiger partial charge >= 0.3 is 0 Å². The van der Waals surface area contributed by atoms with E-state index >= 15 is 0 Å². The van der Waals surface area contributed by atoms with Crippen molar-refractivity contribution in [2.24, 2.45) is 0 Å². The zero-order chi connectivity index (χ0) is 11.7. The van der Waals surface area contributed by atoms with Crippen LogP contribution in [-0.2, 0) is 6.54 Å². The van der Waals surface area contributed by atoms with Crippen LogP contribution < -0.4 is 5.56 Å². The Morgan fingerprint density at radius 2 is 2.12 bits per heavy atom. The van der Waals surface area contributed by atoms with Crippen LogP contribution >= 0.6 is 23.2 Å². The quantitative estimate of drug-likeness (QED) is 0.828. The van der Waals surface area contributed by atoms with Gasteiger partial charge in [0.05, 0.1) is 22.3 Å². The molecule has 0 atom stereocenters. The molecule has 84 valence electrons. The first-order valence-electron chi connectivity index (χ1n) is 4.97. The van der Waals surface area contributed by atoms with Gasteiger partial charge in [0.15, 0.2) is 0 Å². The first-order chi connectivity index (χ1) is 7.63. The van der Waals surface area contributed by atoms with Crippen molar-refractivity contribution in [2.45, 2.75) is 19.9 Å². The summed E-state index contributed by atoms with van der Waals surface area (Å²) in [7, 11) is 0. The minimum absolute atomic E-state index is 0.101. The average Bonchev–Trinajstić information content (AvgIpc) is 2.23. The first-order valence-corrected chi connectivity index (χ1v) is 5.73. The summed E-state index contributed by atoms with van der Waals surface area (Å²) in [5.41, 5.74) is 0.402. The van der Waals surface area contributed by atoms with Crippen LogP contribution in [0.3, 0.4) is 0 Å². The molecule has 2 aromatic rings. The monoisotopic (exact) mass is 256 g/mol. The van der Waals surface area contributed by atoms with E-state index in [1.165, 1.54) is 6.33 Å². The van der Waals surface area contributed by atoms with Gasteiger partial charge in [0.2, 0.25) is 0 Å². The molecule has 0 aliphatic rings. The van der Waals surface area contributed by atoms with Gasteiger partial charge in [0, 0.05) is 11.6 Å². The molecular weight excluding hydrogens is 247 g/mol. The van der Waals surface area contributed by atoms with Gasteiger partial charge in [-0.2, -0.15) is 0 Å². The van der Waals surface area contributed by atoms with Crippen molar-refractivity contribution in [1.29, 1.82) is 0 Å². The normalized spacial score (nSPS) is 10.9. The summed E-state index contributed by atoms with van der Waals surface area (Å²) < 4.78 is 1.56. The van der Waals surface area contributed by atoms with E-state index < -0.39 is 0 Å². The van der Waals surface area contributed by atoms with Gasteiger partial charge in [-0.1, -0.05) is 30.1 Å². The predicted octanol–water partition coefficient (Wildman–Crippen LogP) is 3.11. The summed E-state index contributed by atoms with van der Waals surface area (Å²) in [5, 5.41) is 1.32. The number of nitrogens with zero attached hydrogens (tertiary/aromatic N) is 2. The summed E-state index contributed by atoms with van der Waals surface area (Å²) in [6.07, 6.45) is 2.40. The maximum atomic E-state index is 12.0. The Hall–Kier alpha value is -1.06. The van der Waals surface area contributed by atoms with Crippen molar-refractivity contribution in [3.8, 4) is 0 Å². The lowest BCUT2D eigenvalue weighted by molar-refractivity contribution is 0.648. The first kappa shape index (κ1) is 11.4. The molecule has 0 bridgehead atoms. The summed E-state index contributed by atoms with van der Waals surface area (Å²) in [6, 6.07) is 3.19. The largest absolute Gasteiger partial charge is 0.299 e. The summed E-state index contributed by atoms with van der Waals surface area (Å²) >= 11 is 11.8. The number of hydrogen-bond donors (Lipinski definition) is 0. The molecule has 1 heterocycles. The van der Waals surface area contributed by atoms with E-state index in [4.69, 9.17) is 23.2 Å². The zero-order valence-electron chi connectivity index (χ0n) is 8.70. The van der Waals surface area contributed by atoms with E-state index in [2.05, 4.69) is 4.98 Å². The molecule has 0 saturated heterocycles. The highest BCUT2D eigenvalue weighted by Crippen LogP contribution is 2.23. The molecule has 0 fully saturated rings. The number of fused-ring (bicyclic) bond motifs is 1. The molecular formula is C11H10Cl2N2O. The van der Waals surface area contributed by atoms with Crippen LogP contribution in [0, 0.1) is 0 Å². The second kappa shape index (κ2) is 4.44. The highest BCUT2D eigenvalue weighted by Gasteiger charge is 2.08. The van der Waals surface area contributed by atoms with Gasteiger partial charge in [-0.25, -0.2) is 4.98 Å². The Labute approximate surface area is 103 Å². The van der Waals surface area contributed by atoms with Crippen LogP contribution in [0.25, 0.3) is 10.9 Å². The molecule has 16 heavy (non-hydrogen) atoms. The average molecular weight is 257 g/mol. The SMILES string of the molecule is CCCn1cnc2c(Cl)cc(Cl)cc2c1=O. The Morgan fingerprint density at radius 1 is 1.38 bits per heavy atom. The van der Waals surface area contributed by atoms with E-state index in [-0.39, 0.29) is 5.56 Å². The summed E-state index contributed by atoms with van der Waals surface area (Å²) in [6.45, 7) is 2.65. The minimum atomic E-state index is -0.101. The van der Waals surface area contributed by atoms with Crippen molar-refractivity contribution >= 4 is 34.1 Å². The molecule has 0 spiro atoms. The van der Waals surface area contributed by atoms with Gasteiger partial charge in [-0.3, -0.25) is 9.36 Å². The van der Waals surface area contributed by atoms with Gasteiger partial charge in [0.1, 0.15) is 0 Å². The summed E-state index contributed by atoms with van der Waals surface area (Å²) in [4.78, 5) is 16.2. The molecule has 0 amide bonds. The second-order valence-electron chi connectivity index (χ2n) is 3.53. The third-order valence-corrected chi connectivity index (χ3v) is 2.82. The van der Waals surface area contributed by atoms with Crippen LogP contribution in [0.5, 0.6) is 0 Å². The molecule has 0 saturated carbocycles. The highest BCUT2D eigenvalue weighted by molar-refractivity contribution is 6.38. The van der Waals surface area contributed by atoms with Crippen LogP contribution in [0.4, 0.5) is 0 Å². The van der Waals surface area contributed by atoms with Crippen molar-refractivity contribution in [3.63, 3.8) is 0 Å². The molecule has 3 nitrogen and oxygen atoms in total. The molecule has 0 aliphatic heterocycles. The van der Waals surface area contributed by atoms with Crippen molar-refractivity contribution in [3.05, 3.63) is 38.9 Å². The lowest BCUT2D eigenvalue weighted by atomic mass is 10.2. The van der Waals surface area contributed by atoms with Crippen LogP contribution in [-0.4, -0.2) is 9.55 Å². The topological polar surface area (TPSA) is 34.9 Å². The number of hydrogen-bond acceptors (Lipinski definition) is 2. The number of rotatable bonds is 2. The maximum absolute atomic E-state index is 12.0.